The van der Waals surface area contributed by atoms with Crippen molar-refractivity contribution < 1.29 is 14.3 Å². The Kier molecular flexibility index (Phi) is 3.12. The first-order valence-electron chi connectivity index (χ1n) is 5.99. The van der Waals surface area contributed by atoms with E-state index in [4.69, 9.17) is 16.3 Å². The van der Waals surface area contributed by atoms with Crippen LogP contribution in [-0.4, -0.2) is 11.6 Å². The summed E-state index contributed by atoms with van der Waals surface area (Å²) < 4.78 is 5.69. The predicted octanol–water partition coefficient (Wildman–Crippen LogP) is 4.07. The highest BCUT2D eigenvalue weighted by molar-refractivity contribution is 6.32. The normalized spacial score (nSPS) is 13.2. The fourth-order valence-electron chi connectivity index (χ4n) is 2.05. The molecule has 0 fully saturated rings. The second-order valence-electron chi connectivity index (χ2n) is 4.27. The number of ether oxygens (including phenoxy) is 1. The second-order valence-corrected chi connectivity index (χ2v) is 4.68. The lowest BCUT2D eigenvalue weighted by atomic mass is 9.94. The first kappa shape index (κ1) is 12.6. The summed E-state index contributed by atoms with van der Waals surface area (Å²) >= 11 is 6.03. The summed E-state index contributed by atoms with van der Waals surface area (Å²) in [6.07, 6.45) is 2.52. The monoisotopic (exact) mass is 284 g/mol. The molecule has 1 aliphatic carbocycles. The maximum absolute atomic E-state index is 12.0. The van der Waals surface area contributed by atoms with Crippen molar-refractivity contribution in [1.29, 1.82) is 0 Å². The summed E-state index contributed by atoms with van der Waals surface area (Å²) in [6, 6.07) is 11.9. The van der Waals surface area contributed by atoms with Gasteiger partial charge in [-0.2, -0.15) is 0 Å². The Balaban J connectivity index is 2.09. The third-order valence-corrected chi connectivity index (χ3v) is 3.29. The maximum Gasteiger partial charge on any atom is 0.190 e. The van der Waals surface area contributed by atoms with Crippen molar-refractivity contribution >= 4 is 23.2 Å². The van der Waals surface area contributed by atoms with Gasteiger partial charge in [-0.05, 0) is 30.4 Å². The number of allylic oxidation sites excluding steroid dienone is 2. The highest BCUT2D eigenvalue weighted by Gasteiger charge is 2.23. The van der Waals surface area contributed by atoms with Crippen LogP contribution in [0, 0.1) is 0 Å². The molecule has 2 aromatic carbocycles. The van der Waals surface area contributed by atoms with E-state index in [0.29, 0.717) is 22.1 Å². The highest BCUT2D eigenvalue weighted by atomic mass is 35.5. The fourth-order valence-corrected chi connectivity index (χ4v) is 2.22. The topological polar surface area (TPSA) is 43.4 Å². The zero-order valence-electron chi connectivity index (χ0n) is 10.3. The average Bonchev–Trinajstić information content (AvgIpc) is 2.45. The van der Waals surface area contributed by atoms with Crippen LogP contribution in [0.3, 0.4) is 0 Å². The Labute approximate surface area is 120 Å². The van der Waals surface area contributed by atoms with Gasteiger partial charge in [0.25, 0.3) is 0 Å². The van der Waals surface area contributed by atoms with Gasteiger partial charge in [0.2, 0.25) is 0 Å². The highest BCUT2D eigenvalue weighted by Crippen LogP contribution is 2.33. The maximum atomic E-state index is 12.0. The van der Waals surface area contributed by atoms with E-state index in [9.17, 15) is 9.59 Å². The van der Waals surface area contributed by atoms with Crippen LogP contribution in [0.2, 0.25) is 5.02 Å². The molecule has 0 aromatic heterocycles. The van der Waals surface area contributed by atoms with Gasteiger partial charge in [-0.3, -0.25) is 9.59 Å². The Morgan fingerprint density at radius 2 is 1.50 bits per heavy atom. The number of fused-ring (bicyclic) bond motifs is 1. The van der Waals surface area contributed by atoms with Gasteiger partial charge in [0.15, 0.2) is 11.6 Å². The Bertz CT molecular complexity index is 747. The average molecular weight is 285 g/mol. The quantitative estimate of drug-likeness (QED) is 0.835. The zero-order valence-corrected chi connectivity index (χ0v) is 11.1. The van der Waals surface area contributed by atoms with Crippen molar-refractivity contribution in [2.75, 3.05) is 0 Å². The van der Waals surface area contributed by atoms with Crippen LogP contribution in [0.1, 0.15) is 20.7 Å². The van der Waals surface area contributed by atoms with E-state index in [0.717, 1.165) is 0 Å². The minimum Gasteiger partial charge on any atom is -0.455 e. The summed E-state index contributed by atoms with van der Waals surface area (Å²) in [4.78, 5) is 23.8. The number of halogens is 1. The molecular formula is C16H9ClO3. The second kappa shape index (κ2) is 4.94. The Hall–Kier alpha value is -2.39. The Morgan fingerprint density at radius 3 is 2.30 bits per heavy atom. The van der Waals surface area contributed by atoms with Gasteiger partial charge in [-0.1, -0.05) is 35.9 Å². The van der Waals surface area contributed by atoms with Gasteiger partial charge in [0.1, 0.15) is 11.5 Å². The van der Waals surface area contributed by atoms with Crippen molar-refractivity contribution in [2.24, 2.45) is 0 Å². The van der Waals surface area contributed by atoms with Crippen molar-refractivity contribution in [3.63, 3.8) is 0 Å². The molecule has 0 spiro atoms. The molecule has 3 rings (SSSR count). The van der Waals surface area contributed by atoms with E-state index in [1.165, 1.54) is 12.2 Å². The molecule has 0 aliphatic heterocycles. The number of rotatable bonds is 2. The molecule has 0 radical (unpaired) electrons. The minimum absolute atomic E-state index is 0.204. The minimum atomic E-state index is -0.248. The summed E-state index contributed by atoms with van der Waals surface area (Å²) in [5, 5.41) is 0.440. The van der Waals surface area contributed by atoms with Gasteiger partial charge in [-0.25, -0.2) is 0 Å². The zero-order chi connectivity index (χ0) is 14.1. The van der Waals surface area contributed by atoms with Crippen LogP contribution in [-0.2, 0) is 0 Å². The molecule has 0 heterocycles. The lowest BCUT2D eigenvalue weighted by molar-refractivity contribution is 0.0992. The van der Waals surface area contributed by atoms with E-state index in [2.05, 4.69) is 0 Å². The van der Waals surface area contributed by atoms with Gasteiger partial charge in [0, 0.05) is 5.56 Å². The van der Waals surface area contributed by atoms with E-state index in [1.807, 2.05) is 0 Å². The number of carbonyl (C=O) groups excluding carboxylic acids is 2. The molecule has 0 N–H and O–H groups in total. The third-order valence-electron chi connectivity index (χ3n) is 2.98. The molecule has 4 heteroatoms. The van der Waals surface area contributed by atoms with Crippen LogP contribution in [0.25, 0.3) is 0 Å². The van der Waals surface area contributed by atoms with E-state index in [-0.39, 0.29) is 17.1 Å². The predicted molar refractivity (Wildman–Crippen MR) is 75.8 cm³/mol. The molecule has 0 saturated carbocycles. The molecule has 0 atom stereocenters. The molecule has 0 bridgehead atoms. The van der Waals surface area contributed by atoms with Crippen LogP contribution >= 0.6 is 11.6 Å². The number of hydrogen-bond acceptors (Lipinski definition) is 3. The summed E-state index contributed by atoms with van der Waals surface area (Å²) in [7, 11) is 0. The Morgan fingerprint density at radius 1 is 0.800 bits per heavy atom. The van der Waals surface area contributed by atoms with Crippen LogP contribution in [0.5, 0.6) is 11.5 Å². The lowest BCUT2D eigenvalue weighted by Gasteiger charge is -2.15. The number of ketones is 2. The summed E-state index contributed by atoms with van der Waals surface area (Å²) in [5.41, 5.74) is 0.627. The number of benzene rings is 2. The molecule has 1 aliphatic rings. The largest absolute Gasteiger partial charge is 0.455 e. The van der Waals surface area contributed by atoms with Crippen LogP contribution < -0.4 is 4.74 Å². The lowest BCUT2D eigenvalue weighted by Crippen LogP contribution is -2.12. The molecule has 2 aromatic rings. The van der Waals surface area contributed by atoms with Crippen LogP contribution in [0.4, 0.5) is 0 Å². The van der Waals surface area contributed by atoms with E-state index >= 15 is 0 Å². The fraction of sp³-hybridized carbons (Fsp3) is 0. The molecule has 20 heavy (non-hydrogen) atoms. The van der Waals surface area contributed by atoms with Crippen molar-refractivity contribution in [3.05, 3.63) is 70.8 Å². The summed E-state index contributed by atoms with van der Waals surface area (Å²) in [5.74, 6) is 0.321. The molecular weight excluding hydrogens is 276 g/mol. The van der Waals surface area contributed by atoms with E-state index < -0.39 is 0 Å². The van der Waals surface area contributed by atoms with Gasteiger partial charge in [-0.15, -0.1) is 0 Å². The molecule has 3 nitrogen and oxygen atoms in total. The molecule has 98 valence electrons. The standard InChI is InChI=1S/C16H9ClO3/c17-11-5-1-2-6-14(11)20-15-7-3-4-10-12(18)8-9-13(19)16(10)15/h1-9H. The molecule has 0 unspecified atom stereocenters. The first-order chi connectivity index (χ1) is 9.66. The van der Waals surface area contributed by atoms with Crippen molar-refractivity contribution in [3.8, 4) is 11.5 Å². The SMILES string of the molecule is O=C1C=CC(=O)c2c(Oc3ccccc3Cl)cccc21. The third kappa shape index (κ3) is 2.12. The van der Waals surface area contributed by atoms with Crippen molar-refractivity contribution in [1.82, 2.24) is 0 Å². The number of carbonyl (C=O) groups is 2. The van der Waals surface area contributed by atoms with E-state index in [1.54, 1.807) is 42.5 Å². The van der Waals surface area contributed by atoms with Crippen molar-refractivity contribution in [2.45, 2.75) is 0 Å². The molecule has 0 saturated heterocycles. The number of para-hydroxylation sites is 1. The van der Waals surface area contributed by atoms with Gasteiger partial charge in [0.05, 0.1) is 10.6 Å². The van der Waals surface area contributed by atoms with Gasteiger partial charge >= 0.3 is 0 Å². The smallest absolute Gasteiger partial charge is 0.190 e. The molecule has 0 amide bonds. The number of hydrogen-bond donors (Lipinski definition) is 0. The van der Waals surface area contributed by atoms with Crippen LogP contribution in [0.15, 0.2) is 54.6 Å². The first-order valence-corrected chi connectivity index (χ1v) is 6.37. The summed E-state index contributed by atoms with van der Waals surface area (Å²) in [6.45, 7) is 0. The van der Waals surface area contributed by atoms with Gasteiger partial charge < -0.3 is 4.74 Å².